The highest BCUT2D eigenvalue weighted by Crippen LogP contribution is 2.21. The molecule has 0 aliphatic carbocycles. The second kappa shape index (κ2) is 6.91. The summed E-state index contributed by atoms with van der Waals surface area (Å²) in [7, 11) is 4.26. The number of hydrogen-bond donors (Lipinski definition) is 1. The number of rotatable bonds is 7. The van der Waals surface area contributed by atoms with Crippen molar-refractivity contribution in [1.29, 1.82) is 0 Å². The fraction of sp³-hybridized carbons (Fsp3) is 0.529. The van der Waals surface area contributed by atoms with Crippen molar-refractivity contribution in [3.8, 4) is 0 Å². The fourth-order valence-corrected chi connectivity index (χ4v) is 2.54. The van der Waals surface area contributed by atoms with Crippen molar-refractivity contribution in [2.75, 3.05) is 20.6 Å². The van der Waals surface area contributed by atoms with Gasteiger partial charge in [0.15, 0.2) is 0 Å². The van der Waals surface area contributed by atoms with Gasteiger partial charge in [-0.15, -0.1) is 0 Å². The smallest absolute Gasteiger partial charge is 0.0525 e. The SMILES string of the molecule is CC(C)NCc1cccc2ccn(CCCN(C)C)c12. The largest absolute Gasteiger partial charge is 0.347 e. The molecule has 0 aliphatic rings. The monoisotopic (exact) mass is 273 g/mol. The lowest BCUT2D eigenvalue weighted by Gasteiger charge is -2.14. The molecule has 0 bridgehead atoms. The van der Waals surface area contributed by atoms with Crippen LogP contribution in [0.3, 0.4) is 0 Å². The molecule has 20 heavy (non-hydrogen) atoms. The third-order valence-corrected chi connectivity index (χ3v) is 3.58. The summed E-state index contributed by atoms with van der Waals surface area (Å²) in [6.07, 6.45) is 3.40. The number of fused-ring (bicyclic) bond motifs is 1. The summed E-state index contributed by atoms with van der Waals surface area (Å²) in [5, 5.41) is 4.87. The van der Waals surface area contributed by atoms with Gasteiger partial charge in [-0.1, -0.05) is 32.0 Å². The maximum Gasteiger partial charge on any atom is 0.0525 e. The van der Waals surface area contributed by atoms with Crippen molar-refractivity contribution in [3.05, 3.63) is 36.0 Å². The van der Waals surface area contributed by atoms with E-state index in [1.807, 2.05) is 0 Å². The molecule has 0 radical (unpaired) electrons. The van der Waals surface area contributed by atoms with E-state index in [0.29, 0.717) is 6.04 Å². The first-order chi connectivity index (χ1) is 9.58. The molecule has 2 aromatic rings. The zero-order valence-corrected chi connectivity index (χ0v) is 13.2. The van der Waals surface area contributed by atoms with Crippen LogP contribution in [0, 0.1) is 0 Å². The third kappa shape index (κ3) is 3.84. The van der Waals surface area contributed by atoms with Crippen LogP contribution in [-0.4, -0.2) is 36.1 Å². The van der Waals surface area contributed by atoms with Crippen LogP contribution in [0.15, 0.2) is 30.5 Å². The van der Waals surface area contributed by atoms with E-state index in [-0.39, 0.29) is 0 Å². The lowest BCUT2D eigenvalue weighted by atomic mass is 10.1. The van der Waals surface area contributed by atoms with Crippen LogP contribution in [-0.2, 0) is 13.1 Å². The summed E-state index contributed by atoms with van der Waals surface area (Å²) in [6.45, 7) is 7.53. The minimum Gasteiger partial charge on any atom is -0.347 e. The van der Waals surface area contributed by atoms with Gasteiger partial charge >= 0.3 is 0 Å². The van der Waals surface area contributed by atoms with Gasteiger partial charge in [0, 0.05) is 25.3 Å². The molecule has 0 saturated carbocycles. The normalized spacial score (nSPS) is 11.9. The van der Waals surface area contributed by atoms with Crippen molar-refractivity contribution in [2.24, 2.45) is 0 Å². The van der Waals surface area contributed by atoms with Gasteiger partial charge in [-0.05, 0) is 44.1 Å². The molecule has 0 aliphatic heterocycles. The number of aryl methyl sites for hydroxylation is 1. The van der Waals surface area contributed by atoms with Gasteiger partial charge in [-0.25, -0.2) is 0 Å². The standard InChI is InChI=1S/C17H27N3/c1-14(2)18-13-16-8-5-7-15-9-12-20(17(15)16)11-6-10-19(3)4/h5,7-9,12,14,18H,6,10-11,13H2,1-4H3. The summed E-state index contributed by atoms with van der Waals surface area (Å²) in [6, 6.07) is 9.34. The Morgan fingerprint density at radius 1 is 1.20 bits per heavy atom. The Morgan fingerprint density at radius 3 is 2.70 bits per heavy atom. The summed E-state index contributed by atoms with van der Waals surface area (Å²) >= 11 is 0. The Kier molecular flexibility index (Phi) is 5.21. The molecular weight excluding hydrogens is 246 g/mol. The van der Waals surface area contributed by atoms with Crippen LogP contribution in [0.4, 0.5) is 0 Å². The zero-order chi connectivity index (χ0) is 14.5. The van der Waals surface area contributed by atoms with Gasteiger partial charge in [0.25, 0.3) is 0 Å². The molecule has 3 heteroatoms. The van der Waals surface area contributed by atoms with Crippen molar-refractivity contribution in [3.63, 3.8) is 0 Å². The fourth-order valence-electron chi connectivity index (χ4n) is 2.54. The molecule has 1 heterocycles. The van der Waals surface area contributed by atoms with Crippen LogP contribution in [0.5, 0.6) is 0 Å². The Balaban J connectivity index is 2.17. The van der Waals surface area contributed by atoms with Crippen molar-refractivity contribution in [2.45, 2.75) is 39.4 Å². The maximum absolute atomic E-state index is 3.52. The highest BCUT2D eigenvalue weighted by Gasteiger charge is 2.07. The molecule has 0 amide bonds. The molecule has 0 unspecified atom stereocenters. The van der Waals surface area contributed by atoms with Crippen molar-refractivity contribution in [1.82, 2.24) is 14.8 Å². The molecule has 1 N–H and O–H groups in total. The van der Waals surface area contributed by atoms with E-state index in [0.717, 1.165) is 19.6 Å². The predicted molar refractivity (Wildman–Crippen MR) is 87.1 cm³/mol. The average molecular weight is 273 g/mol. The molecular formula is C17H27N3. The highest BCUT2D eigenvalue weighted by molar-refractivity contribution is 5.83. The van der Waals surface area contributed by atoms with E-state index in [4.69, 9.17) is 0 Å². The van der Waals surface area contributed by atoms with Crippen molar-refractivity contribution < 1.29 is 0 Å². The quantitative estimate of drug-likeness (QED) is 0.836. The zero-order valence-electron chi connectivity index (χ0n) is 13.2. The molecule has 2 rings (SSSR count). The Morgan fingerprint density at radius 2 is 2.00 bits per heavy atom. The first-order valence-electron chi connectivity index (χ1n) is 7.53. The molecule has 3 nitrogen and oxygen atoms in total. The van der Waals surface area contributed by atoms with Crippen molar-refractivity contribution >= 4 is 10.9 Å². The summed E-state index contributed by atoms with van der Waals surface area (Å²) in [5.74, 6) is 0. The second-order valence-electron chi connectivity index (χ2n) is 6.06. The molecule has 0 spiro atoms. The molecule has 110 valence electrons. The summed E-state index contributed by atoms with van der Waals surface area (Å²) in [4.78, 5) is 2.24. The lowest BCUT2D eigenvalue weighted by Crippen LogP contribution is -2.22. The second-order valence-corrected chi connectivity index (χ2v) is 6.06. The molecule has 0 atom stereocenters. The van der Waals surface area contributed by atoms with Gasteiger partial charge in [-0.2, -0.15) is 0 Å². The van der Waals surface area contributed by atoms with E-state index in [1.165, 1.54) is 22.9 Å². The minimum atomic E-state index is 0.516. The van der Waals surface area contributed by atoms with Crippen LogP contribution in [0.2, 0.25) is 0 Å². The number of nitrogens with one attached hydrogen (secondary N) is 1. The van der Waals surface area contributed by atoms with Gasteiger partial charge in [-0.3, -0.25) is 0 Å². The topological polar surface area (TPSA) is 20.2 Å². The van der Waals surface area contributed by atoms with Gasteiger partial charge in [0.2, 0.25) is 0 Å². The molecule has 0 fully saturated rings. The summed E-state index contributed by atoms with van der Waals surface area (Å²) in [5.41, 5.74) is 2.78. The van der Waals surface area contributed by atoms with Crippen LogP contribution in [0.1, 0.15) is 25.8 Å². The van der Waals surface area contributed by atoms with E-state index in [2.05, 4.69) is 73.2 Å². The van der Waals surface area contributed by atoms with E-state index in [1.54, 1.807) is 0 Å². The first kappa shape index (κ1) is 15.1. The van der Waals surface area contributed by atoms with Gasteiger partial charge < -0.3 is 14.8 Å². The molecule has 1 aromatic heterocycles. The number of nitrogens with zero attached hydrogens (tertiary/aromatic N) is 2. The Labute approximate surface area is 122 Å². The number of aromatic nitrogens is 1. The predicted octanol–water partition coefficient (Wildman–Crippen LogP) is 3.09. The Bertz CT molecular complexity index is 540. The Hall–Kier alpha value is -1.32. The highest BCUT2D eigenvalue weighted by atomic mass is 15.1. The van der Waals surface area contributed by atoms with E-state index < -0.39 is 0 Å². The van der Waals surface area contributed by atoms with Crippen LogP contribution in [0.25, 0.3) is 10.9 Å². The number of para-hydroxylation sites is 1. The lowest BCUT2D eigenvalue weighted by molar-refractivity contribution is 0.388. The molecule has 0 saturated heterocycles. The average Bonchev–Trinajstić information content (AvgIpc) is 2.80. The van der Waals surface area contributed by atoms with E-state index in [9.17, 15) is 0 Å². The maximum atomic E-state index is 3.52. The van der Waals surface area contributed by atoms with Crippen LogP contribution < -0.4 is 5.32 Å². The summed E-state index contributed by atoms with van der Waals surface area (Å²) < 4.78 is 2.40. The molecule has 1 aromatic carbocycles. The minimum absolute atomic E-state index is 0.516. The van der Waals surface area contributed by atoms with Gasteiger partial charge in [0.1, 0.15) is 0 Å². The number of hydrogen-bond acceptors (Lipinski definition) is 2. The first-order valence-corrected chi connectivity index (χ1v) is 7.53. The van der Waals surface area contributed by atoms with Crippen LogP contribution >= 0.6 is 0 Å². The van der Waals surface area contributed by atoms with Gasteiger partial charge in [0.05, 0.1) is 5.52 Å². The third-order valence-electron chi connectivity index (χ3n) is 3.58. The van der Waals surface area contributed by atoms with E-state index >= 15 is 0 Å². The number of benzene rings is 1.